The molecule has 0 atom stereocenters. The summed E-state index contributed by atoms with van der Waals surface area (Å²) < 4.78 is 8.66. The van der Waals surface area contributed by atoms with Gasteiger partial charge in [0.2, 0.25) is 0 Å². The molecule has 1 saturated heterocycles. The number of carbonyl (C=O) groups excluding carboxylic acids is 1. The third-order valence-corrected chi connectivity index (χ3v) is 8.84. The van der Waals surface area contributed by atoms with Crippen LogP contribution in [0.3, 0.4) is 0 Å². The number of aromatic nitrogens is 2. The Kier molecular flexibility index (Phi) is 7.49. The summed E-state index contributed by atoms with van der Waals surface area (Å²) >= 11 is 1.63. The van der Waals surface area contributed by atoms with E-state index in [-0.39, 0.29) is 12.0 Å². The molecule has 1 aliphatic rings. The molecule has 0 bridgehead atoms. The molecule has 210 valence electrons. The summed E-state index contributed by atoms with van der Waals surface area (Å²) in [6.07, 6.45) is 7.55. The quantitative estimate of drug-likeness (QED) is 0.231. The molecular formula is C32H33N5O3S. The number of likely N-dealkylation sites (tertiary alicyclic amines) is 1. The highest BCUT2D eigenvalue weighted by Gasteiger charge is 2.19. The molecule has 1 amide bonds. The van der Waals surface area contributed by atoms with E-state index < -0.39 is 0 Å². The number of aryl methyl sites for hydroxylation is 1. The van der Waals surface area contributed by atoms with Crippen molar-refractivity contribution in [1.29, 1.82) is 0 Å². The van der Waals surface area contributed by atoms with Gasteiger partial charge < -0.3 is 25.5 Å². The molecule has 0 spiro atoms. The van der Waals surface area contributed by atoms with Gasteiger partial charge in [-0.1, -0.05) is 36.4 Å². The number of carbonyl (C=O) groups is 1. The van der Waals surface area contributed by atoms with Gasteiger partial charge in [0.15, 0.2) is 0 Å². The lowest BCUT2D eigenvalue weighted by Crippen LogP contribution is -2.35. The van der Waals surface area contributed by atoms with Crippen LogP contribution in [-0.2, 0) is 7.05 Å². The number of nitrogen functional groups attached to an aromatic ring is 1. The van der Waals surface area contributed by atoms with Crippen LogP contribution in [0.5, 0.6) is 5.75 Å². The van der Waals surface area contributed by atoms with Crippen LogP contribution in [0.2, 0.25) is 0 Å². The first-order valence-electron chi connectivity index (χ1n) is 13.7. The van der Waals surface area contributed by atoms with Crippen molar-refractivity contribution in [3.05, 3.63) is 77.4 Å². The number of nitrogens with two attached hydrogens (primary N) is 1. The Bertz CT molecular complexity index is 1760. The highest BCUT2D eigenvalue weighted by atomic mass is 32.1. The number of piperidine rings is 1. The van der Waals surface area contributed by atoms with Gasteiger partial charge in [-0.25, -0.2) is 4.98 Å². The zero-order chi connectivity index (χ0) is 28.5. The average Bonchev–Trinajstić information content (AvgIpc) is 3.58. The number of anilines is 2. The second kappa shape index (κ2) is 11.4. The number of fused-ring (bicyclic) bond motifs is 2. The van der Waals surface area contributed by atoms with Crippen LogP contribution in [0.25, 0.3) is 38.2 Å². The van der Waals surface area contributed by atoms with Crippen molar-refractivity contribution in [2.24, 2.45) is 7.05 Å². The predicted octanol–water partition coefficient (Wildman–Crippen LogP) is 5.77. The van der Waals surface area contributed by atoms with E-state index in [9.17, 15) is 9.90 Å². The highest BCUT2D eigenvalue weighted by Crippen LogP contribution is 2.41. The van der Waals surface area contributed by atoms with Crippen LogP contribution in [0.4, 0.5) is 11.5 Å². The normalized spacial score (nSPS) is 14.8. The Labute approximate surface area is 242 Å². The summed E-state index contributed by atoms with van der Waals surface area (Å²) in [5.74, 6) is 0.829. The van der Waals surface area contributed by atoms with Gasteiger partial charge in [0.25, 0.3) is 5.91 Å². The van der Waals surface area contributed by atoms with Crippen molar-refractivity contribution in [2.75, 3.05) is 37.8 Å². The molecule has 5 aromatic rings. The Balaban J connectivity index is 1.25. The summed E-state index contributed by atoms with van der Waals surface area (Å²) in [5.41, 5.74) is 11.5. The number of para-hydroxylation sites is 1. The van der Waals surface area contributed by atoms with E-state index in [1.165, 1.54) is 0 Å². The summed E-state index contributed by atoms with van der Waals surface area (Å²) in [6, 6.07) is 15.6. The van der Waals surface area contributed by atoms with E-state index in [4.69, 9.17) is 10.5 Å². The predicted molar refractivity (Wildman–Crippen MR) is 168 cm³/mol. The topological polar surface area (TPSA) is 106 Å². The molecule has 8 nitrogen and oxygen atoms in total. The number of hydrogen-bond acceptors (Lipinski definition) is 7. The lowest BCUT2D eigenvalue weighted by atomic mass is 10.0. The molecule has 4 heterocycles. The van der Waals surface area contributed by atoms with Crippen LogP contribution in [0, 0.1) is 0 Å². The van der Waals surface area contributed by atoms with Crippen molar-refractivity contribution in [3.63, 3.8) is 0 Å². The summed E-state index contributed by atoms with van der Waals surface area (Å²) in [5, 5.41) is 16.8. The zero-order valence-corrected chi connectivity index (χ0v) is 23.9. The largest absolute Gasteiger partial charge is 0.495 e. The smallest absolute Gasteiger partial charge is 0.272 e. The van der Waals surface area contributed by atoms with Crippen LogP contribution < -0.4 is 15.8 Å². The first kappa shape index (κ1) is 27.0. The number of thiophene rings is 1. The molecule has 4 N–H and O–H groups in total. The Morgan fingerprint density at radius 3 is 2.80 bits per heavy atom. The molecule has 0 aliphatic carbocycles. The third-order valence-electron chi connectivity index (χ3n) is 7.82. The zero-order valence-electron chi connectivity index (χ0n) is 23.1. The van der Waals surface area contributed by atoms with E-state index in [1.54, 1.807) is 18.4 Å². The summed E-state index contributed by atoms with van der Waals surface area (Å²) in [4.78, 5) is 20.1. The molecule has 1 fully saturated rings. The molecule has 1 aliphatic heterocycles. The number of methoxy groups -OCH3 is 1. The van der Waals surface area contributed by atoms with Crippen molar-refractivity contribution in [1.82, 2.24) is 14.5 Å². The van der Waals surface area contributed by atoms with Crippen molar-refractivity contribution in [2.45, 2.75) is 18.9 Å². The highest BCUT2D eigenvalue weighted by molar-refractivity contribution is 7.18. The lowest BCUT2D eigenvalue weighted by molar-refractivity contribution is 0.0881. The molecule has 2 aromatic carbocycles. The molecule has 41 heavy (non-hydrogen) atoms. The van der Waals surface area contributed by atoms with Gasteiger partial charge in [-0.05, 0) is 48.1 Å². The number of ether oxygens (including phenoxy) is 1. The Morgan fingerprint density at radius 1 is 1.22 bits per heavy atom. The Morgan fingerprint density at radius 2 is 2.02 bits per heavy atom. The maximum atomic E-state index is 13.2. The number of hydrogen-bond donors (Lipinski definition) is 3. The molecule has 0 radical (unpaired) electrons. The lowest BCUT2D eigenvalue weighted by Gasteiger charge is -2.28. The fraction of sp³-hybridized carbons (Fsp3) is 0.250. The number of benzene rings is 2. The minimum Gasteiger partial charge on any atom is -0.495 e. The van der Waals surface area contributed by atoms with E-state index >= 15 is 0 Å². The van der Waals surface area contributed by atoms with Crippen LogP contribution in [0.15, 0.2) is 66.2 Å². The SMILES string of the molecule is COc1cc(-c2csc3c(C=CCN4CCC(O)CC4)cnc(N)c23)ccc1NC(=O)c1cc2ccccc2n1C. The minimum absolute atomic E-state index is 0.172. The Hall–Kier alpha value is -4.18. The van der Waals surface area contributed by atoms with Crippen LogP contribution in [-0.4, -0.2) is 58.3 Å². The number of aliphatic hydroxyl groups is 1. The van der Waals surface area contributed by atoms with Gasteiger partial charge in [0, 0.05) is 65.0 Å². The first-order valence-corrected chi connectivity index (χ1v) is 14.6. The number of pyridine rings is 1. The number of nitrogens with zero attached hydrogens (tertiary/aromatic N) is 3. The number of aliphatic hydroxyl groups excluding tert-OH is 1. The molecular weight excluding hydrogens is 534 g/mol. The van der Waals surface area contributed by atoms with Gasteiger partial charge in [0.05, 0.1) is 18.9 Å². The molecule has 9 heteroatoms. The minimum atomic E-state index is -0.207. The summed E-state index contributed by atoms with van der Waals surface area (Å²) in [6.45, 7) is 2.65. The average molecular weight is 568 g/mol. The summed E-state index contributed by atoms with van der Waals surface area (Å²) in [7, 11) is 3.49. The van der Waals surface area contributed by atoms with E-state index in [1.807, 2.05) is 66.3 Å². The monoisotopic (exact) mass is 567 g/mol. The van der Waals surface area contributed by atoms with Gasteiger partial charge in [0.1, 0.15) is 17.3 Å². The van der Waals surface area contributed by atoms with E-state index in [0.29, 0.717) is 22.9 Å². The molecule has 0 unspecified atom stereocenters. The van der Waals surface area contributed by atoms with Gasteiger partial charge in [-0.15, -0.1) is 11.3 Å². The van der Waals surface area contributed by atoms with Crippen molar-refractivity contribution >= 4 is 55.8 Å². The fourth-order valence-electron chi connectivity index (χ4n) is 5.50. The molecule has 6 rings (SSSR count). The van der Waals surface area contributed by atoms with Crippen molar-refractivity contribution in [3.8, 4) is 16.9 Å². The number of rotatable bonds is 7. The van der Waals surface area contributed by atoms with E-state index in [0.717, 1.165) is 70.2 Å². The second-order valence-corrected chi connectivity index (χ2v) is 11.3. The number of amides is 1. The maximum absolute atomic E-state index is 13.2. The third kappa shape index (κ3) is 5.31. The van der Waals surface area contributed by atoms with E-state index in [2.05, 4.69) is 32.7 Å². The standard InChI is InChI=1S/C32H33N5O3S/c1-36-26-8-4-3-6-21(26)16-27(36)32(39)35-25-10-9-20(17-28(25)40-2)24-19-41-30-22(18-34-31(33)29(24)30)7-5-13-37-14-11-23(38)12-15-37/h3-10,16-19,23,38H,11-15H2,1-2H3,(H2,33,34)(H,35,39). The van der Waals surface area contributed by atoms with Crippen LogP contribution >= 0.6 is 11.3 Å². The number of nitrogens with one attached hydrogen (secondary N) is 1. The maximum Gasteiger partial charge on any atom is 0.272 e. The first-order chi connectivity index (χ1) is 19.9. The van der Waals surface area contributed by atoms with Gasteiger partial charge in [-0.2, -0.15) is 0 Å². The molecule has 0 saturated carbocycles. The van der Waals surface area contributed by atoms with Gasteiger partial charge >= 0.3 is 0 Å². The van der Waals surface area contributed by atoms with Crippen molar-refractivity contribution < 1.29 is 14.6 Å². The van der Waals surface area contributed by atoms with Crippen LogP contribution in [0.1, 0.15) is 28.9 Å². The fourth-order valence-corrected chi connectivity index (χ4v) is 6.58. The van der Waals surface area contributed by atoms with Gasteiger partial charge in [-0.3, -0.25) is 9.69 Å². The second-order valence-electron chi connectivity index (χ2n) is 10.4. The molecule has 3 aromatic heterocycles.